The highest BCUT2D eigenvalue weighted by Gasteiger charge is 2.32. The summed E-state index contributed by atoms with van der Waals surface area (Å²) in [6, 6.07) is 7.75. The second-order valence-electron chi connectivity index (χ2n) is 4.36. The molecule has 1 saturated heterocycles. The molecule has 1 aliphatic rings. The minimum absolute atomic E-state index is 0.0906. The fraction of sp³-hybridized carbons (Fsp3) is 0.500. The summed E-state index contributed by atoms with van der Waals surface area (Å²) >= 11 is 7.68. The lowest BCUT2D eigenvalue weighted by Gasteiger charge is -2.24. The third kappa shape index (κ3) is 3.88. The Hall–Kier alpha value is -0.710. The largest absolute Gasteiger partial charge is 0.382 e. The number of ether oxygens (including phenoxy) is 1. The molecular weight excluding hydrogens is 282 g/mol. The number of thioether (sulfide) groups is 1. The molecular formula is C14H18ClNO2S. The van der Waals surface area contributed by atoms with Gasteiger partial charge in [-0.1, -0.05) is 23.7 Å². The van der Waals surface area contributed by atoms with Crippen molar-refractivity contribution in [1.82, 2.24) is 4.90 Å². The lowest BCUT2D eigenvalue weighted by Crippen LogP contribution is -2.29. The predicted octanol–water partition coefficient (Wildman–Crippen LogP) is 3.34. The van der Waals surface area contributed by atoms with Gasteiger partial charge in [0.15, 0.2) is 0 Å². The van der Waals surface area contributed by atoms with E-state index in [1.807, 2.05) is 36.1 Å². The molecule has 1 aromatic carbocycles. The summed E-state index contributed by atoms with van der Waals surface area (Å²) in [4.78, 5) is 13.9. The highest BCUT2D eigenvalue weighted by molar-refractivity contribution is 8.00. The average Bonchev–Trinajstić information content (AvgIpc) is 2.76. The summed E-state index contributed by atoms with van der Waals surface area (Å²) in [5.41, 5.74) is 1.10. The molecule has 5 heteroatoms. The predicted molar refractivity (Wildman–Crippen MR) is 79.5 cm³/mol. The van der Waals surface area contributed by atoms with Gasteiger partial charge in [0.25, 0.3) is 0 Å². The van der Waals surface area contributed by atoms with Crippen LogP contribution in [0.5, 0.6) is 0 Å². The molecule has 0 N–H and O–H groups in total. The van der Waals surface area contributed by atoms with Crippen LogP contribution < -0.4 is 0 Å². The molecule has 104 valence electrons. The Morgan fingerprint density at radius 3 is 3.11 bits per heavy atom. The van der Waals surface area contributed by atoms with E-state index in [0.29, 0.717) is 17.4 Å². The number of hydrogen-bond acceptors (Lipinski definition) is 3. The van der Waals surface area contributed by atoms with Crippen LogP contribution in [0.3, 0.4) is 0 Å². The fourth-order valence-corrected chi connectivity index (χ4v) is 3.52. The van der Waals surface area contributed by atoms with Gasteiger partial charge in [0.2, 0.25) is 5.91 Å². The Balaban J connectivity index is 2.00. The van der Waals surface area contributed by atoms with Crippen LogP contribution in [-0.2, 0) is 9.53 Å². The van der Waals surface area contributed by atoms with E-state index in [4.69, 9.17) is 16.3 Å². The Morgan fingerprint density at radius 1 is 1.53 bits per heavy atom. The van der Waals surface area contributed by atoms with E-state index in [2.05, 4.69) is 0 Å². The van der Waals surface area contributed by atoms with Gasteiger partial charge in [-0.25, -0.2) is 0 Å². The monoisotopic (exact) mass is 299 g/mol. The van der Waals surface area contributed by atoms with E-state index in [0.717, 1.165) is 25.1 Å². The summed E-state index contributed by atoms with van der Waals surface area (Å²) in [6.07, 6.45) is 0.872. The van der Waals surface area contributed by atoms with Crippen LogP contribution in [0.2, 0.25) is 5.02 Å². The zero-order valence-corrected chi connectivity index (χ0v) is 12.5. The minimum atomic E-state index is 0.0906. The molecule has 1 heterocycles. The number of carbonyl (C=O) groups is 1. The van der Waals surface area contributed by atoms with Crippen LogP contribution in [0.15, 0.2) is 24.3 Å². The standard InChI is InChI=1S/C14H18ClNO2S/c1-2-18-8-4-7-16-13(17)10-19-14(16)11-5-3-6-12(15)9-11/h3,5-6,9,14H,2,4,7-8,10H2,1H3. The Kier molecular flexibility index (Phi) is 5.55. The smallest absolute Gasteiger partial charge is 0.233 e. The van der Waals surface area contributed by atoms with Gasteiger partial charge in [0.05, 0.1) is 5.75 Å². The molecule has 0 aliphatic carbocycles. The molecule has 1 aliphatic heterocycles. The number of nitrogens with zero attached hydrogens (tertiary/aromatic N) is 1. The van der Waals surface area contributed by atoms with Crippen molar-refractivity contribution in [3.63, 3.8) is 0 Å². The quantitative estimate of drug-likeness (QED) is 0.755. The van der Waals surface area contributed by atoms with Crippen molar-refractivity contribution in [3.05, 3.63) is 34.9 Å². The lowest BCUT2D eigenvalue weighted by molar-refractivity contribution is -0.128. The third-order valence-corrected chi connectivity index (χ3v) is 4.48. The van der Waals surface area contributed by atoms with E-state index in [-0.39, 0.29) is 11.3 Å². The summed E-state index contributed by atoms with van der Waals surface area (Å²) in [5, 5.41) is 0.805. The Bertz CT molecular complexity index is 441. The first kappa shape index (κ1) is 14.7. The second-order valence-corrected chi connectivity index (χ2v) is 5.86. The molecule has 0 radical (unpaired) electrons. The van der Waals surface area contributed by atoms with Gasteiger partial charge in [-0.3, -0.25) is 4.79 Å². The molecule has 19 heavy (non-hydrogen) atoms. The molecule has 1 amide bonds. The fourth-order valence-electron chi connectivity index (χ4n) is 2.11. The molecule has 2 rings (SSSR count). The van der Waals surface area contributed by atoms with Gasteiger partial charge in [-0.15, -0.1) is 11.8 Å². The van der Waals surface area contributed by atoms with Gasteiger partial charge in [0.1, 0.15) is 5.37 Å². The molecule has 1 unspecified atom stereocenters. The number of rotatable bonds is 6. The number of halogens is 1. The van der Waals surface area contributed by atoms with Crippen molar-refractivity contribution in [2.45, 2.75) is 18.7 Å². The van der Waals surface area contributed by atoms with Gasteiger partial charge >= 0.3 is 0 Å². The maximum atomic E-state index is 11.9. The van der Waals surface area contributed by atoms with Crippen LogP contribution >= 0.6 is 23.4 Å². The normalized spacial score (nSPS) is 19.2. The van der Waals surface area contributed by atoms with Crippen LogP contribution in [0, 0.1) is 0 Å². The van der Waals surface area contributed by atoms with Gasteiger partial charge in [-0.05, 0) is 31.0 Å². The zero-order chi connectivity index (χ0) is 13.7. The van der Waals surface area contributed by atoms with Gasteiger partial charge in [0, 0.05) is 24.8 Å². The first-order valence-corrected chi connectivity index (χ1v) is 7.89. The maximum absolute atomic E-state index is 11.9. The molecule has 0 saturated carbocycles. The Morgan fingerprint density at radius 2 is 2.37 bits per heavy atom. The number of amides is 1. The van der Waals surface area contributed by atoms with Crippen molar-refractivity contribution in [1.29, 1.82) is 0 Å². The molecule has 3 nitrogen and oxygen atoms in total. The van der Waals surface area contributed by atoms with Gasteiger partial charge in [-0.2, -0.15) is 0 Å². The van der Waals surface area contributed by atoms with E-state index in [1.165, 1.54) is 0 Å². The molecule has 1 atom stereocenters. The van der Waals surface area contributed by atoms with E-state index < -0.39 is 0 Å². The Labute approximate surface area is 123 Å². The summed E-state index contributed by atoms with van der Waals surface area (Å²) < 4.78 is 5.32. The molecule has 0 bridgehead atoms. The van der Waals surface area contributed by atoms with Crippen molar-refractivity contribution >= 4 is 29.3 Å². The van der Waals surface area contributed by atoms with Crippen molar-refractivity contribution < 1.29 is 9.53 Å². The lowest BCUT2D eigenvalue weighted by atomic mass is 10.2. The van der Waals surface area contributed by atoms with Crippen LogP contribution in [0.25, 0.3) is 0 Å². The van der Waals surface area contributed by atoms with Crippen LogP contribution in [-0.4, -0.2) is 36.3 Å². The molecule has 0 aromatic heterocycles. The summed E-state index contributed by atoms with van der Waals surface area (Å²) in [6.45, 7) is 4.14. The maximum Gasteiger partial charge on any atom is 0.233 e. The number of benzene rings is 1. The number of carbonyl (C=O) groups excluding carboxylic acids is 1. The van der Waals surface area contributed by atoms with Crippen LogP contribution in [0.1, 0.15) is 24.3 Å². The zero-order valence-electron chi connectivity index (χ0n) is 11.0. The van der Waals surface area contributed by atoms with Crippen molar-refractivity contribution in [2.24, 2.45) is 0 Å². The van der Waals surface area contributed by atoms with E-state index in [1.54, 1.807) is 11.8 Å². The van der Waals surface area contributed by atoms with E-state index in [9.17, 15) is 4.79 Å². The first-order chi connectivity index (χ1) is 9.22. The topological polar surface area (TPSA) is 29.5 Å². The van der Waals surface area contributed by atoms with Crippen molar-refractivity contribution in [3.8, 4) is 0 Å². The highest BCUT2D eigenvalue weighted by Crippen LogP contribution is 2.39. The van der Waals surface area contributed by atoms with E-state index >= 15 is 0 Å². The summed E-state index contributed by atoms with van der Waals surface area (Å²) in [5.74, 6) is 0.748. The average molecular weight is 300 g/mol. The minimum Gasteiger partial charge on any atom is -0.382 e. The molecule has 1 fully saturated rings. The van der Waals surface area contributed by atoms with Gasteiger partial charge < -0.3 is 9.64 Å². The second kappa shape index (κ2) is 7.17. The van der Waals surface area contributed by atoms with Crippen LogP contribution in [0.4, 0.5) is 0 Å². The first-order valence-electron chi connectivity index (χ1n) is 6.46. The third-order valence-electron chi connectivity index (χ3n) is 2.99. The SMILES string of the molecule is CCOCCCN1C(=O)CSC1c1cccc(Cl)c1. The number of hydrogen-bond donors (Lipinski definition) is 0. The summed E-state index contributed by atoms with van der Waals surface area (Å²) in [7, 11) is 0. The van der Waals surface area contributed by atoms with Crippen molar-refractivity contribution in [2.75, 3.05) is 25.5 Å². The molecule has 0 spiro atoms. The molecule has 1 aromatic rings. The highest BCUT2D eigenvalue weighted by atomic mass is 35.5.